The van der Waals surface area contributed by atoms with E-state index in [-0.39, 0.29) is 18.4 Å². The summed E-state index contributed by atoms with van der Waals surface area (Å²) in [6.07, 6.45) is 2.20. The summed E-state index contributed by atoms with van der Waals surface area (Å²) in [5.74, 6) is 1.13. The summed E-state index contributed by atoms with van der Waals surface area (Å²) in [4.78, 5) is 27.8. The van der Waals surface area contributed by atoms with E-state index in [4.69, 9.17) is 4.74 Å². The molecule has 0 bridgehead atoms. The van der Waals surface area contributed by atoms with E-state index in [1.807, 2.05) is 4.90 Å². The molecule has 1 atom stereocenters. The Labute approximate surface area is 131 Å². The smallest absolute Gasteiger partial charge is 0.242 e. The number of hydrogen-bond acceptors (Lipinski definition) is 3. The maximum Gasteiger partial charge on any atom is 0.242 e. The van der Waals surface area contributed by atoms with Crippen LogP contribution < -0.4 is 9.64 Å². The average molecular weight is 304 g/mol. The van der Waals surface area contributed by atoms with Gasteiger partial charge in [0.1, 0.15) is 12.3 Å². The number of carbonyl (C=O) groups excluding carboxylic acids is 2. The Bertz CT molecular complexity index is 527. The third kappa shape index (κ3) is 4.00. The van der Waals surface area contributed by atoms with Gasteiger partial charge in [-0.05, 0) is 43.0 Å². The predicted octanol–water partition coefficient (Wildman–Crippen LogP) is 2.31. The van der Waals surface area contributed by atoms with Gasteiger partial charge >= 0.3 is 0 Å². The lowest BCUT2D eigenvalue weighted by molar-refractivity contribution is -0.132. The van der Waals surface area contributed by atoms with E-state index in [2.05, 4.69) is 6.92 Å². The number of amides is 2. The molecule has 1 aliphatic rings. The molecule has 1 aromatic carbocycles. The molecule has 120 valence electrons. The standard InChI is InChI=1S/C17H24N2O3/c1-13-5-4-10-18(11-13)17(21)12-19(14(2)20)15-6-8-16(22-3)9-7-15/h6-9,13H,4-5,10-12H2,1-3H3. The van der Waals surface area contributed by atoms with Crippen molar-refractivity contribution in [2.45, 2.75) is 26.7 Å². The molecule has 1 aliphatic heterocycles. The van der Waals surface area contributed by atoms with Crippen molar-refractivity contribution < 1.29 is 14.3 Å². The molecular weight excluding hydrogens is 280 g/mol. The molecule has 2 rings (SSSR count). The van der Waals surface area contributed by atoms with E-state index in [9.17, 15) is 9.59 Å². The van der Waals surface area contributed by atoms with Crippen molar-refractivity contribution in [2.75, 3.05) is 31.6 Å². The van der Waals surface area contributed by atoms with Crippen LogP contribution in [0.4, 0.5) is 5.69 Å². The van der Waals surface area contributed by atoms with Crippen LogP contribution in [-0.4, -0.2) is 43.5 Å². The Morgan fingerprint density at radius 1 is 1.32 bits per heavy atom. The van der Waals surface area contributed by atoms with Crippen LogP contribution in [0.15, 0.2) is 24.3 Å². The number of carbonyl (C=O) groups is 2. The third-order valence-electron chi connectivity index (χ3n) is 4.07. The summed E-state index contributed by atoms with van der Waals surface area (Å²) in [6, 6.07) is 7.18. The Balaban J connectivity index is 2.07. The van der Waals surface area contributed by atoms with Crippen molar-refractivity contribution in [3.8, 4) is 5.75 Å². The van der Waals surface area contributed by atoms with E-state index in [1.54, 1.807) is 31.4 Å². The van der Waals surface area contributed by atoms with Crippen LogP contribution in [0.2, 0.25) is 0 Å². The first kappa shape index (κ1) is 16.3. The number of rotatable bonds is 4. The quantitative estimate of drug-likeness (QED) is 0.857. The Hall–Kier alpha value is -2.04. The molecule has 5 nitrogen and oxygen atoms in total. The molecule has 1 saturated heterocycles. The molecule has 0 radical (unpaired) electrons. The van der Waals surface area contributed by atoms with Gasteiger partial charge in [0.25, 0.3) is 0 Å². The van der Waals surface area contributed by atoms with Crippen molar-refractivity contribution in [3.63, 3.8) is 0 Å². The van der Waals surface area contributed by atoms with Gasteiger partial charge in [0.2, 0.25) is 11.8 Å². The number of hydrogen-bond donors (Lipinski definition) is 0. The van der Waals surface area contributed by atoms with Crippen LogP contribution in [0.1, 0.15) is 26.7 Å². The first-order chi connectivity index (χ1) is 10.5. The Morgan fingerprint density at radius 3 is 2.55 bits per heavy atom. The van der Waals surface area contributed by atoms with Gasteiger partial charge in [-0.2, -0.15) is 0 Å². The van der Waals surface area contributed by atoms with Crippen molar-refractivity contribution in [1.29, 1.82) is 0 Å². The number of benzene rings is 1. The van der Waals surface area contributed by atoms with Crippen molar-refractivity contribution >= 4 is 17.5 Å². The van der Waals surface area contributed by atoms with Crippen LogP contribution in [0, 0.1) is 5.92 Å². The van der Waals surface area contributed by atoms with Crippen molar-refractivity contribution in [3.05, 3.63) is 24.3 Å². The highest BCUT2D eigenvalue weighted by molar-refractivity contribution is 5.97. The summed E-state index contributed by atoms with van der Waals surface area (Å²) in [5.41, 5.74) is 0.715. The van der Waals surface area contributed by atoms with Gasteiger partial charge in [0, 0.05) is 25.7 Å². The molecule has 1 aromatic rings. The van der Waals surface area contributed by atoms with E-state index < -0.39 is 0 Å². The molecule has 1 unspecified atom stereocenters. The van der Waals surface area contributed by atoms with Crippen LogP contribution in [0.5, 0.6) is 5.75 Å². The van der Waals surface area contributed by atoms with Gasteiger partial charge in [0.15, 0.2) is 0 Å². The van der Waals surface area contributed by atoms with Crippen LogP contribution in [-0.2, 0) is 9.59 Å². The summed E-state index contributed by atoms with van der Waals surface area (Å²) < 4.78 is 5.12. The second kappa shape index (κ2) is 7.29. The fraction of sp³-hybridized carbons (Fsp3) is 0.529. The summed E-state index contributed by atoms with van der Waals surface area (Å²) in [6.45, 7) is 5.31. The van der Waals surface area contributed by atoms with Gasteiger partial charge in [-0.1, -0.05) is 6.92 Å². The lowest BCUT2D eigenvalue weighted by Crippen LogP contribution is -2.46. The van der Waals surface area contributed by atoms with Crippen molar-refractivity contribution in [2.24, 2.45) is 5.92 Å². The fourth-order valence-electron chi connectivity index (χ4n) is 2.80. The number of nitrogens with zero attached hydrogens (tertiary/aromatic N) is 2. The summed E-state index contributed by atoms with van der Waals surface area (Å²) in [5, 5.41) is 0. The maximum absolute atomic E-state index is 12.5. The molecule has 0 saturated carbocycles. The third-order valence-corrected chi connectivity index (χ3v) is 4.07. The molecule has 1 fully saturated rings. The van der Waals surface area contributed by atoms with Crippen molar-refractivity contribution in [1.82, 2.24) is 4.90 Å². The molecule has 5 heteroatoms. The largest absolute Gasteiger partial charge is 0.497 e. The first-order valence-electron chi connectivity index (χ1n) is 7.71. The highest BCUT2D eigenvalue weighted by Gasteiger charge is 2.24. The summed E-state index contributed by atoms with van der Waals surface area (Å²) >= 11 is 0. The van der Waals surface area contributed by atoms with Crippen LogP contribution in [0.3, 0.4) is 0 Å². The highest BCUT2D eigenvalue weighted by Crippen LogP contribution is 2.21. The number of piperidine rings is 1. The molecule has 1 heterocycles. The maximum atomic E-state index is 12.5. The van der Waals surface area contributed by atoms with E-state index >= 15 is 0 Å². The normalized spacial score (nSPS) is 18.0. The van der Waals surface area contributed by atoms with Gasteiger partial charge in [-0.25, -0.2) is 0 Å². The second-order valence-electron chi connectivity index (χ2n) is 5.89. The van der Waals surface area contributed by atoms with Crippen LogP contribution >= 0.6 is 0 Å². The molecule has 0 aromatic heterocycles. The molecule has 0 spiro atoms. The number of methoxy groups -OCH3 is 1. The zero-order valence-corrected chi connectivity index (χ0v) is 13.5. The Morgan fingerprint density at radius 2 is 2.00 bits per heavy atom. The van der Waals surface area contributed by atoms with Gasteiger partial charge < -0.3 is 14.5 Å². The van der Waals surface area contributed by atoms with Gasteiger partial charge in [-0.15, -0.1) is 0 Å². The molecule has 2 amide bonds. The summed E-state index contributed by atoms with van der Waals surface area (Å²) in [7, 11) is 1.60. The van der Waals surface area contributed by atoms with Gasteiger partial charge in [0.05, 0.1) is 7.11 Å². The second-order valence-corrected chi connectivity index (χ2v) is 5.89. The van der Waals surface area contributed by atoms with E-state index in [0.29, 0.717) is 11.6 Å². The lowest BCUT2D eigenvalue weighted by atomic mass is 10.0. The Kier molecular flexibility index (Phi) is 5.41. The molecular formula is C17H24N2O3. The monoisotopic (exact) mass is 304 g/mol. The minimum Gasteiger partial charge on any atom is -0.497 e. The molecule has 0 N–H and O–H groups in total. The molecule has 0 aliphatic carbocycles. The van der Waals surface area contributed by atoms with E-state index in [1.165, 1.54) is 18.2 Å². The number of ether oxygens (including phenoxy) is 1. The first-order valence-corrected chi connectivity index (χ1v) is 7.71. The average Bonchev–Trinajstić information content (AvgIpc) is 2.52. The lowest BCUT2D eigenvalue weighted by Gasteiger charge is -2.32. The highest BCUT2D eigenvalue weighted by atomic mass is 16.5. The fourth-order valence-corrected chi connectivity index (χ4v) is 2.80. The number of anilines is 1. The minimum absolute atomic E-state index is 0.0116. The predicted molar refractivity (Wildman–Crippen MR) is 86.0 cm³/mol. The van der Waals surface area contributed by atoms with Gasteiger partial charge in [-0.3, -0.25) is 9.59 Å². The zero-order valence-electron chi connectivity index (χ0n) is 13.5. The molecule has 22 heavy (non-hydrogen) atoms. The minimum atomic E-state index is -0.136. The van der Waals surface area contributed by atoms with Crippen LogP contribution in [0.25, 0.3) is 0 Å². The van der Waals surface area contributed by atoms with E-state index in [0.717, 1.165) is 25.3 Å². The SMILES string of the molecule is COc1ccc(N(CC(=O)N2CCCC(C)C2)C(C)=O)cc1. The zero-order chi connectivity index (χ0) is 16.1. The topological polar surface area (TPSA) is 49.9 Å². The number of likely N-dealkylation sites (tertiary alicyclic amines) is 1.